The minimum Gasteiger partial charge on any atom is -0.465 e. The van der Waals surface area contributed by atoms with Crippen molar-refractivity contribution in [3.8, 4) is 11.8 Å². The summed E-state index contributed by atoms with van der Waals surface area (Å²) in [5.74, 6) is 5.23. The van der Waals surface area contributed by atoms with E-state index in [1.807, 2.05) is 30.3 Å². The maximum absolute atomic E-state index is 12.2. The lowest BCUT2D eigenvalue weighted by atomic mass is 10.2. The molecule has 3 rings (SSSR count). The van der Waals surface area contributed by atoms with Crippen molar-refractivity contribution in [3.63, 3.8) is 0 Å². The molecule has 0 bridgehead atoms. The molecule has 1 N–H and O–H groups in total. The van der Waals surface area contributed by atoms with Crippen LogP contribution < -0.4 is 11.2 Å². The normalized spacial score (nSPS) is 19.3. The number of likely N-dealkylation sites (N-methyl/N-ethyl adjacent to an activating group) is 1. The molecule has 1 aliphatic rings. The fraction of sp³-hybridized carbons (Fsp3) is 0.316. The third-order valence-corrected chi connectivity index (χ3v) is 4.10. The molecule has 140 valence electrons. The van der Waals surface area contributed by atoms with E-state index in [9.17, 15) is 14.4 Å². The number of ether oxygens (including phenoxy) is 1. The zero-order chi connectivity index (χ0) is 19.4. The van der Waals surface area contributed by atoms with Gasteiger partial charge in [-0.3, -0.25) is 24.0 Å². The lowest BCUT2D eigenvalue weighted by molar-refractivity contribution is -0.182. The molecule has 8 heteroatoms. The second-order valence-electron chi connectivity index (χ2n) is 5.94. The van der Waals surface area contributed by atoms with Gasteiger partial charge in [0, 0.05) is 25.2 Å². The highest BCUT2D eigenvalue weighted by atomic mass is 16.7. The molecular weight excluding hydrogens is 350 g/mol. The Bertz CT molecular complexity index is 1000. The Kier molecular flexibility index (Phi) is 5.54. The van der Waals surface area contributed by atoms with E-state index in [0.29, 0.717) is 0 Å². The van der Waals surface area contributed by atoms with Crippen molar-refractivity contribution < 1.29 is 14.4 Å². The molecule has 0 amide bonds. The predicted octanol–water partition coefficient (Wildman–Crippen LogP) is 0.634. The highest BCUT2D eigenvalue weighted by molar-refractivity contribution is 5.75. The van der Waals surface area contributed by atoms with Crippen LogP contribution in [-0.2, 0) is 14.4 Å². The highest BCUT2D eigenvalue weighted by Crippen LogP contribution is 2.27. The summed E-state index contributed by atoms with van der Waals surface area (Å²) in [6.45, 7) is 1.97. The number of rotatable bonds is 3. The quantitative estimate of drug-likeness (QED) is 0.630. The molecule has 1 aromatic heterocycles. The third-order valence-electron chi connectivity index (χ3n) is 4.10. The summed E-state index contributed by atoms with van der Waals surface area (Å²) in [5, 5.41) is 1.36. The molecule has 1 aliphatic heterocycles. The first kappa shape index (κ1) is 18.6. The Morgan fingerprint density at radius 3 is 2.74 bits per heavy atom. The number of carbonyl (C=O) groups is 1. The Morgan fingerprint density at radius 2 is 2.04 bits per heavy atom. The predicted molar refractivity (Wildman–Crippen MR) is 96.7 cm³/mol. The number of aromatic amines is 1. The van der Waals surface area contributed by atoms with Gasteiger partial charge in [-0.2, -0.15) is 5.06 Å². The SMILES string of the molecule is CCOC(=O)[C@H]1C[C@@H](n2cc(C#Cc3ccccc3)c(=O)[nH]c2=O)ON1C. The maximum atomic E-state index is 12.2. The van der Waals surface area contributed by atoms with E-state index in [1.165, 1.54) is 15.8 Å². The molecule has 27 heavy (non-hydrogen) atoms. The second kappa shape index (κ2) is 8.03. The lowest BCUT2D eigenvalue weighted by Gasteiger charge is -2.15. The summed E-state index contributed by atoms with van der Waals surface area (Å²) in [5.41, 5.74) is -0.334. The fourth-order valence-electron chi connectivity index (χ4n) is 2.74. The van der Waals surface area contributed by atoms with Crippen LogP contribution in [0.3, 0.4) is 0 Å². The summed E-state index contributed by atoms with van der Waals surface area (Å²) in [6, 6.07) is 8.55. The van der Waals surface area contributed by atoms with Crippen molar-refractivity contribution in [2.24, 2.45) is 0 Å². The number of benzene rings is 1. The average molecular weight is 369 g/mol. The van der Waals surface area contributed by atoms with Crippen LogP contribution in [0.25, 0.3) is 0 Å². The largest absolute Gasteiger partial charge is 0.465 e. The molecule has 2 aromatic rings. The van der Waals surface area contributed by atoms with E-state index in [1.54, 1.807) is 14.0 Å². The number of hydroxylamine groups is 2. The van der Waals surface area contributed by atoms with Crippen LogP contribution in [0.15, 0.2) is 46.1 Å². The Morgan fingerprint density at radius 1 is 1.30 bits per heavy atom. The zero-order valence-electron chi connectivity index (χ0n) is 15.0. The minimum absolute atomic E-state index is 0.129. The van der Waals surface area contributed by atoms with Gasteiger partial charge in [0.15, 0.2) is 6.23 Å². The van der Waals surface area contributed by atoms with E-state index in [4.69, 9.17) is 9.57 Å². The van der Waals surface area contributed by atoms with Crippen molar-refractivity contribution >= 4 is 5.97 Å². The number of H-pyrrole nitrogens is 1. The first-order valence-electron chi connectivity index (χ1n) is 8.48. The number of carbonyl (C=O) groups excluding carboxylic acids is 1. The number of esters is 1. The fourth-order valence-corrected chi connectivity index (χ4v) is 2.74. The lowest BCUT2D eigenvalue weighted by Crippen LogP contribution is -2.33. The molecule has 0 unspecified atom stereocenters. The molecule has 1 aromatic carbocycles. The van der Waals surface area contributed by atoms with Gasteiger partial charge in [-0.05, 0) is 19.1 Å². The summed E-state index contributed by atoms with van der Waals surface area (Å²) in [7, 11) is 1.59. The number of aromatic nitrogens is 2. The molecule has 1 saturated heterocycles. The maximum Gasteiger partial charge on any atom is 0.330 e. The van der Waals surface area contributed by atoms with Gasteiger partial charge in [-0.1, -0.05) is 30.0 Å². The standard InChI is InChI=1S/C19H19N3O5/c1-3-26-18(24)15-11-16(27-21(15)2)22-12-14(17(23)20-19(22)25)10-9-13-7-5-4-6-8-13/h4-8,12,15-16H,3,11H2,1-2H3,(H,20,23,25)/t15-,16+/m1/s1. The van der Waals surface area contributed by atoms with Gasteiger partial charge in [-0.15, -0.1) is 0 Å². The van der Waals surface area contributed by atoms with Gasteiger partial charge < -0.3 is 4.74 Å². The van der Waals surface area contributed by atoms with Gasteiger partial charge in [0.2, 0.25) is 0 Å². The summed E-state index contributed by atoms with van der Waals surface area (Å²) in [6.07, 6.45) is 0.821. The van der Waals surface area contributed by atoms with Crippen LogP contribution in [-0.4, -0.2) is 40.3 Å². The van der Waals surface area contributed by atoms with Crippen LogP contribution in [0.4, 0.5) is 0 Å². The number of nitrogens with zero attached hydrogens (tertiary/aromatic N) is 2. The first-order chi connectivity index (χ1) is 13.0. The molecule has 0 radical (unpaired) electrons. The van der Waals surface area contributed by atoms with Gasteiger partial charge >= 0.3 is 11.7 Å². The zero-order valence-corrected chi connectivity index (χ0v) is 15.0. The monoisotopic (exact) mass is 369 g/mol. The van der Waals surface area contributed by atoms with E-state index < -0.39 is 29.5 Å². The highest BCUT2D eigenvalue weighted by Gasteiger charge is 2.38. The van der Waals surface area contributed by atoms with Crippen LogP contribution in [0.1, 0.15) is 30.7 Å². The van der Waals surface area contributed by atoms with Gasteiger partial charge in [0.25, 0.3) is 5.56 Å². The summed E-state index contributed by atoms with van der Waals surface area (Å²) >= 11 is 0. The van der Waals surface area contributed by atoms with E-state index in [2.05, 4.69) is 16.8 Å². The van der Waals surface area contributed by atoms with Gasteiger partial charge in [-0.25, -0.2) is 4.79 Å². The number of hydrogen-bond acceptors (Lipinski definition) is 6. The smallest absolute Gasteiger partial charge is 0.330 e. The number of nitrogens with one attached hydrogen (secondary N) is 1. The molecule has 1 fully saturated rings. The van der Waals surface area contributed by atoms with Crippen LogP contribution in [0.2, 0.25) is 0 Å². The van der Waals surface area contributed by atoms with Gasteiger partial charge in [0.05, 0.1) is 6.61 Å². The Labute approximate surface area is 155 Å². The summed E-state index contributed by atoms with van der Waals surface area (Å²) < 4.78 is 6.24. The summed E-state index contributed by atoms with van der Waals surface area (Å²) in [4.78, 5) is 44.1. The van der Waals surface area contributed by atoms with Gasteiger partial charge in [0.1, 0.15) is 11.6 Å². The van der Waals surface area contributed by atoms with Crippen LogP contribution in [0, 0.1) is 11.8 Å². The van der Waals surface area contributed by atoms with E-state index >= 15 is 0 Å². The van der Waals surface area contributed by atoms with Crippen molar-refractivity contribution in [1.82, 2.24) is 14.6 Å². The van der Waals surface area contributed by atoms with Crippen molar-refractivity contribution in [2.75, 3.05) is 13.7 Å². The van der Waals surface area contributed by atoms with Crippen molar-refractivity contribution in [1.29, 1.82) is 0 Å². The molecule has 0 spiro atoms. The molecule has 8 nitrogen and oxygen atoms in total. The topological polar surface area (TPSA) is 93.6 Å². The Hall–Kier alpha value is -3.15. The Balaban J connectivity index is 1.89. The first-order valence-corrected chi connectivity index (χ1v) is 8.48. The second-order valence-corrected chi connectivity index (χ2v) is 5.94. The third kappa shape index (κ3) is 4.16. The minimum atomic E-state index is -0.744. The molecule has 2 heterocycles. The van der Waals surface area contributed by atoms with Crippen molar-refractivity contribution in [3.05, 3.63) is 68.5 Å². The van der Waals surface area contributed by atoms with Crippen LogP contribution >= 0.6 is 0 Å². The molecule has 0 aliphatic carbocycles. The van der Waals surface area contributed by atoms with Crippen molar-refractivity contribution in [2.45, 2.75) is 25.6 Å². The average Bonchev–Trinajstić information content (AvgIpc) is 3.03. The van der Waals surface area contributed by atoms with E-state index in [-0.39, 0.29) is 18.6 Å². The van der Waals surface area contributed by atoms with Crippen LogP contribution in [0.5, 0.6) is 0 Å². The van der Waals surface area contributed by atoms with E-state index in [0.717, 1.165) is 5.56 Å². The molecule has 0 saturated carbocycles. The molecule has 2 atom stereocenters. The molecular formula is C19H19N3O5. The number of hydrogen-bond donors (Lipinski definition) is 1.